The van der Waals surface area contributed by atoms with Gasteiger partial charge in [0.05, 0.1) is 6.61 Å². The lowest BCUT2D eigenvalue weighted by atomic mass is 9.98. The molecule has 0 saturated carbocycles. The number of halogens is 1. The van der Waals surface area contributed by atoms with Crippen molar-refractivity contribution in [2.75, 3.05) is 6.61 Å². The molecule has 0 atom stereocenters. The molecular weight excluding hydrogens is 255 g/mol. The van der Waals surface area contributed by atoms with Crippen molar-refractivity contribution >= 4 is 5.78 Å². The van der Waals surface area contributed by atoms with E-state index >= 15 is 0 Å². The number of ketones is 1. The van der Waals surface area contributed by atoms with Gasteiger partial charge >= 0.3 is 0 Å². The molecule has 0 aromatic heterocycles. The molecule has 2 nitrogen and oxygen atoms in total. The van der Waals surface area contributed by atoms with Crippen LogP contribution in [0.4, 0.5) is 4.39 Å². The van der Waals surface area contributed by atoms with E-state index in [1.807, 2.05) is 12.1 Å². The summed E-state index contributed by atoms with van der Waals surface area (Å²) in [5, 5.41) is 0. The van der Waals surface area contributed by atoms with E-state index < -0.39 is 0 Å². The lowest BCUT2D eigenvalue weighted by molar-refractivity contribution is 0.0992. The second-order valence-corrected chi connectivity index (χ2v) is 5.00. The summed E-state index contributed by atoms with van der Waals surface area (Å²) < 4.78 is 18.6. The van der Waals surface area contributed by atoms with E-state index in [-0.39, 0.29) is 18.0 Å². The van der Waals surface area contributed by atoms with Crippen LogP contribution in [0.1, 0.15) is 27.9 Å². The van der Waals surface area contributed by atoms with Crippen molar-refractivity contribution in [1.82, 2.24) is 0 Å². The third kappa shape index (κ3) is 2.72. The van der Waals surface area contributed by atoms with Crippen LogP contribution in [-0.4, -0.2) is 12.4 Å². The number of Topliss-reactive ketones (excluding diaryl/α,β-unsaturated/α-hetero) is 1. The van der Waals surface area contributed by atoms with E-state index in [0.29, 0.717) is 11.1 Å². The predicted molar refractivity (Wildman–Crippen MR) is 74.7 cm³/mol. The van der Waals surface area contributed by atoms with Crippen molar-refractivity contribution in [1.29, 1.82) is 0 Å². The normalized spacial score (nSPS) is 13.4. The Balaban J connectivity index is 1.80. The number of fused-ring (bicyclic) bond motifs is 1. The monoisotopic (exact) mass is 270 g/mol. The highest BCUT2D eigenvalue weighted by Crippen LogP contribution is 2.26. The van der Waals surface area contributed by atoms with E-state index in [2.05, 4.69) is 0 Å². The molecule has 0 radical (unpaired) electrons. The van der Waals surface area contributed by atoms with E-state index in [9.17, 15) is 9.18 Å². The minimum absolute atomic E-state index is 0.00368. The standard InChI is InChI=1S/C17H15FO2/c18-15-5-1-3-12(9-15)10-16(19)13-6-7-17-14(11-13)4-2-8-20-17/h1,3,5-7,9,11H,2,4,8,10H2. The van der Waals surface area contributed by atoms with Crippen molar-refractivity contribution in [3.8, 4) is 5.75 Å². The fourth-order valence-corrected chi connectivity index (χ4v) is 2.47. The Morgan fingerprint density at radius 3 is 2.95 bits per heavy atom. The summed E-state index contributed by atoms with van der Waals surface area (Å²) in [6, 6.07) is 11.7. The minimum Gasteiger partial charge on any atom is -0.493 e. The van der Waals surface area contributed by atoms with Gasteiger partial charge in [0.2, 0.25) is 0 Å². The molecular formula is C17H15FO2. The van der Waals surface area contributed by atoms with Gasteiger partial charge in [-0.15, -0.1) is 0 Å². The molecule has 1 aliphatic rings. The van der Waals surface area contributed by atoms with Crippen LogP contribution in [0.25, 0.3) is 0 Å². The zero-order valence-corrected chi connectivity index (χ0v) is 11.1. The molecule has 102 valence electrons. The van der Waals surface area contributed by atoms with Crippen molar-refractivity contribution < 1.29 is 13.9 Å². The smallest absolute Gasteiger partial charge is 0.167 e. The molecule has 1 heterocycles. The molecule has 2 aromatic rings. The van der Waals surface area contributed by atoms with Crippen molar-refractivity contribution in [2.45, 2.75) is 19.3 Å². The average Bonchev–Trinajstić information content (AvgIpc) is 2.47. The Hall–Kier alpha value is -2.16. The molecule has 3 rings (SSSR count). The summed E-state index contributed by atoms with van der Waals surface area (Å²) in [6.07, 6.45) is 2.14. The number of carbonyl (C=O) groups excluding carboxylic acids is 1. The second kappa shape index (κ2) is 5.45. The third-order valence-electron chi connectivity index (χ3n) is 3.48. The molecule has 2 aromatic carbocycles. The van der Waals surface area contributed by atoms with Crippen LogP contribution in [0.3, 0.4) is 0 Å². The molecule has 0 bridgehead atoms. The van der Waals surface area contributed by atoms with Gasteiger partial charge < -0.3 is 4.74 Å². The molecule has 0 fully saturated rings. The van der Waals surface area contributed by atoms with Crippen LogP contribution in [-0.2, 0) is 12.8 Å². The van der Waals surface area contributed by atoms with E-state index in [4.69, 9.17) is 4.74 Å². The van der Waals surface area contributed by atoms with Crippen LogP contribution in [0.2, 0.25) is 0 Å². The van der Waals surface area contributed by atoms with E-state index in [0.717, 1.165) is 30.8 Å². The Kier molecular flexibility index (Phi) is 3.50. The summed E-state index contributed by atoms with van der Waals surface area (Å²) in [7, 11) is 0. The fraction of sp³-hybridized carbons (Fsp3) is 0.235. The quantitative estimate of drug-likeness (QED) is 0.797. The van der Waals surface area contributed by atoms with Crippen molar-refractivity contribution in [3.63, 3.8) is 0 Å². The lowest BCUT2D eigenvalue weighted by Gasteiger charge is -2.17. The number of aryl methyl sites for hydroxylation is 1. The topological polar surface area (TPSA) is 26.3 Å². The third-order valence-corrected chi connectivity index (χ3v) is 3.48. The number of hydrogen-bond donors (Lipinski definition) is 0. The van der Waals surface area contributed by atoms with Crippen LogP contribution < -0.4 is 4.74 Å². The number of carbonyl (C=O) groups is 1. The molecule has 0 saturated heterocycles. The summed E-state index contributed by atoms with van der Waals surface area (Å²) in [5.41, 5.74) is 2.45. The van der Waals surface area contributed by atoms with Gasteiger partial charge in [-0.3, -0.25) is 4.79 Å². The largest absolute Gasteiger partial charge is 0.493 e. The van der Waals surface area contributed by atoms with E-state index in [1.54, 1.807) is 18.2 Å². The number of ether oxygens (including phenoxy) is 1. The summed E-state index contributed by atoms with van der Waals surface area (Å²) in [5.74, 6) is 0.566. The van der Waals surface area contributed by atoms with E-state index in [1.165, 1.54) is 12.1 Å². The van der Waals surface area contributed by atoms with Crippen LogP contribution in [0, 0.1) is 5.82 Å². The maximum atomic E-state index is 13.1. The zero-order chi connectivity index (χ0) is 13.9. The molecule has 0 N–H and O–H groups in total. The minimum atomic E-state index is -0.311. The van der Waals surface area contributed by atoms with Crippen molar-refractivity contribution in [3.05, 3.63) is 65.0 Å². The highest BCUT2D eigenvalue weighted by molar-refractivity contribution is 5.97. The molecule has 20 heavy (non-hydrogen) atoms. The summed E-state index contributed by atoms with van der Waals surface area (Å²) in [6.45, 7) is 0.740. The molecule has 0 aliphatic carbocycles. The molecule has 0 spiro atoms. The van der Waals surface area contributed by atoms with Crippen LogP contribution >= 0.6 is 0 Å². The Bertz CT molecular complexity index is 649. The van der Waals surface area contributed by atoms with Crippen LogP contribution in [0.5, 0.6) is 5.75 Å². The predicted octanol–water partition coefficient (Wildman–Crippen LogP) is 3.58. The molecule has 0 unspecified atom stereocenters. The first-order valence-corrected chi connectivity index (χ1v) is 6.76. The van der Waals surface area contributed by atoms with Gasteiger partial charge in [0.1, 0.15) is 11.6 Å². The molecule has 3 heteroatoms. The summed E-state index contributed by atoms with van der Waals surface area (Å²) >= 11 is 0. The Labute approximate surface area is 117 Å². The van der Waals surface area contributed by atoms with Crippen molar-refractivity contribution in [2.24, 2.45) is 0 Å². The van der Waals surface area contributed by atoms with Crippen LogP contribution in [0.15, 0.2) is 42.5 Å². The number of benzene rings is 2. The van der Waals surface area contributed by atoms with Gasteiger partial charge in [0, 0.05) is 12.0 Å². The number of rotatable bonds is 3. The Morgan fingerprint density at radius 1 is 1.20 bits per heavy atom. The zero-order valence-electron chi connectivity index (χ0n) is 11.1. The van der Waals surface area contributed by atoms with Gasteiger partial charge in [-0.25, -0.2) is 4.39 Å². The first kappa shape index (κ1) is 12.9. The molecule has 1 aliphatic heterocycles. The molecule has 0 amide bonds. The first-order valence-electron chi connectivity index (χ1n) is 6.76. The summed E-state index contributed by atoms with van der Waals surface area (Å²) in [4.78, 5) is 12.2. The SMILES string of the molecule is O=C(Cc1cccc(F)c1)c1ccc2c(c1)CCCO2. The van der Waals surface area contributed by atoms with Gasteiger partial charge in [0.25, 0.3) is 0 Å². The van der Waals surface area contributed by atoms with Gasteiger partial charge in [-0.1, -0.05) is 12.1 Å². The number of hydrogen-bond acceptors (Lipinski definition) is 2. The maximum Gasteiger partial charge on any atom is 0.167 e. The van der Waals surface area contributed by atoms with Gasteiger partial charge in [0.15, 0.2) is 5.78 Å². The fourth-order valence-electron chi connectivity index (χ4n) is 2.47. The van der Waals surface area contributed by atoms with Gasteiger partial charge in [-0.2, -0.15) is 0 Å². The lowest BCUT2D eigenvalue weighted by Crippen LogP contribution is -2.10. The maximum absolute atomic E-state index is 13.1. The average molecular weight is 270 g/mol. The van der Waals surface area contributed by atoms with Gasteiger partial charge in [-0.05, 0) is 54.3 Å². The highest BCUT2D eigenvalue weighted by Gasteiger charge is 2.14. The highest BCUT2D eigenvalue weighted by atomic mass is 19.1. The second-order valence-electron chi connectivity index (χ2n) is 5.00. The Morgan fingerprint density at radius 2 is 2.10 bits per heavy atom. The first-order chi connectivity index (χ1) is 9.72.